The third-order valence-corrected chi connectivity index (χ3v) is 11.1. The third kappa shape index (κ3) is 3.15. The number of aromatic nitrogens is 1. The van der Waals surface area contributed by atoms with E-state index in [1.807, 2.05) is 25.1 Å². The molecule has 1 unspecified atom stereocenters. The van der Waals surface area contributed by atoms with Crippen molar-refractivity contribution in [3.63, 3.8) is 0 Å². The maximum absolute atomic E-state index is 13.7. The highest BCUT2D eigenvalue weighted by Gasteiger charge is 2.59. The molecule has 0 bridgehead atoms. The topological polar surface area (TPSA) is 50.2 Å². The molecular formula is C27H35NO2S. The molecule has 1 N–H and O–H groups in total. The fraction of sp³-hybridized carbons (Fsp3) is 0.704. The van der Waals surface area contributed by atoms with Crippen molar-refractivity contribution < 1.29 is 9.90 Å². The van der Waals surface area contributed by atoms with Gasteiger partial charge in [-0.25, -0.2) is 4.98 Å². The number of aliphatic hydroxyl groups is 1. The van der Waals surface area contributed by atoms with Crippen LogP contribution in [0.25, 0.3) is 10.2 Å². The maximum Gasteiger partial charge on any atom is 0.195 e. The number of nitrogens with zero attached hydrogens (tertiary/aromatic N) is 1. The van der Waals surface area contributed by atoms with Gasteiger partial charge in [0.15, 0.2) is 10.8 Å². The molecule has 4 aliphatic carbocycles. The molecule has 2 aromatic rings. The van der Waals surface area contributed by atoms with Gasteiger partial charge in [0.2, 0.25) is 0 Å². The van der Waals surface area contributed by atoms with E-state index in [0.717, 1.165) is 58.2 Å². The summed E-state index contributed by atoms with van der Waals surface area (Å²) >= 11 is 1.58. The first-order valence-electron chi connectivity index (χ1n) is 12.5. The molecule has 0 amide bonds. The highest BCUT2D eigenvalue weighted by molar-refractivity contribution is 7.20. The monoisotopic (exact) mass is 437 g/mol. The number of rotatable bonds is 2. The summed E-state index contributed by atoms with van der Waals surface area (Å²) in [5.74, 6) is 4.28. The van der Waals surface area contributed by atoms with Crippen molar-refractivity contribution in [2.75, 3.05) is 0 Å². The van der Waals surface area contributed by atoms with Crippen LogP contribution in [-0.2, 0) is 0 Å². The fourth-order valence-corrected chi connectivity index (χ4v) is 9.60. The van der Waals surface area contributed by atoms with E-state index in [9.17, 15) is 9.90 Å². The highest BCUT2D eigenvalue weighted by Crippen LogP contribution is 2.65. The number of hydrogen-bond donors (Lipinski definition) is 1. The number of benzene rings is 1. The van der Waals surface area contributed by atoms with E-state index in [-0.39, 0.29) is 11.3 Å². The molecule has 4 fully saturated rings. The standard InChI is InChI=1S/C27H35NO2S/c1-26(30)13-11-17-16(15-26)7-8-19-18(17)12-14-27(2)20(19)9-10-21(27)24(29)25-28-22-5-3-4-6-23(22)31-25/h3-6,16-21,30H,7-15H2,1-2H3/t16-,17?,18-,19-,20+,21-,26-,27+/m1/s1. The predicted molar refractivity (Wildman–Crippen MR) is 125 cm³/mol. The molecule has 31 heavy (non-hydrogen) atoms. The number of thiazole rings is 1. The summed E-state index contributed by atoms with van der Waals surface area (Å²) in [6, 6.07) is 8.14. The lowest BCUT2D eigenvalue weighted by atomic mass is 9.49. The second kappa shape index (κ2) is 7.12. The smallest absolute Gasteiger partial charge is 0.195 e. The lowest BCUT2D eigenvalue weighted by molar-refractivity contribution is -0.0976. The zero-order valence-corrected chi connectivity index (χ0v) is 19.7. The van der Waals surface area contributed by atoms with Gasteiger partial charge in [-0.15, -0.1) is 11.3 Å². The number of para-hydroxylation sites is 1. The molecule has 4 aliphatic rings. The minimum Gasteiger partial charge on any atom is -0.390 e. The summed E-state index contributed by atoms with van der Waals surface area (Å²) in [6.45, 7) is 4.48. The minimum absolute atomic E-state index is 0.142. The largest absolute Gasteiger partial charge is 0.390 e. The van der Waals surface area contributed by atoms with Crippen molar-refractivity contribution in [1.82, 2.24) is 4.98 Å². The maximum atomic E-state index is 13.7. The van der Waals surface area contributed by atoms with Crippen LogP contribution in [0.4, 0.5) is 0 Å². The average Bonchev–Trinajstić information content (AvgIpc) is 3.33. The van der Waals surface area contributed by atoms with E-state index in [1.165, 1.54) is 38.5 Å². The normalized spacial score (nSPS) is 44.5. The first-order chi connectivity index (χ1) is 14.9. The van der Waals surface area contributed by atoms with Crippen molar-refractivity contribution in [2.45, 2.75) is 77.2 Å². The van der Waals surface area contributed by atoms with Crippen molar-refractivity contribution >= 4 is 27.3 Å². The first-order valence-corrected chi connectivity index (χ1v) is 13.3. The molecule has 166 valence electrons. The summed E-state index contributed by atoms with van der Waals surface area (Å²) in [7, 11) is 0. The van der Waals surface area contributed by atoms with E-state index in [1.54, 1.807) is 11.3 Å². The minimum atomic E-state index is -0.445. The van der Waals surface area contributed by atoms with Gasteiger partial charge in [0, 0.05) is 5.92 Å². The quantitative estimate of drug-likeness (QED) is 0.546. The van der Waals surface area contributed by atoms with Gasteiger partial charge in [0.25, 0.3) is 0 Å². The van der Waals surface area contributed by atoms with Gasteiger partial charge < -0.3 is 5.11 Å². The van der Waals surface area contributed by atoms with Crippen LogP contribution in [0.1, 0.15) is 81.4 Å². The molecule has 4 heteroatoms. The summed E-state index contributed by atoms with van der Waals surface area (Å²) < 4.78 is 1.13. The Morgan fingerprint density at radius 1 is 1.00 bits per heavy atom. The van der Waals surface area contributed by atoms with Crippen molar-refractivity contribution in [1.29, 1.82) is 0 Å². The molecule has 4 saturated carbocycles. The lowest BCUT2D eigenvalue weighted by Crippen LogP contribution is -2.51. The van der Waals surface area contributed by atoms with Crippen LogP contribution < -0.4 is 0 Å². The van der Waals surface area contributed by atoms with Gasteiger partial charge in [-0.3, -0.25) is 4.79 Å². The Balaban J connectivity index is 1.24. The Hall–Kier alpha value is -1.26. The number of Topliss-reactive ketones (excluding diaryl/α,β-unsaturated/α-hetero) is 1. The summed E-state index contributed by atoms with van der Waals surface area (Å²) in [5, 5.41) is 11.3. The summed E-state index contributed by atoms with van der Waals surface area (Å²) in [6.07, 6.45) is 10.5. The van der Waals surface area contributed by atoms with Crippen LogP contribution in [0.15, 0.2) is 24.3 Å². The molecule has 0 aliphatic heterocycles. The highest BCUT2D eigenvalue weighted by atomic mass is 32.1. The number of fused-ring (bicyclic) bond motifs is 6. The molecule has 0 spiro atoms. The molecule has 6 rings (SSSR count). The number of carbonyl (C=O) groups is 1. The van der Waals surface area contributed by atoms with Crippen LogP contribution in [0, 0.1) is 40.9 Å². The zero-order chi connectivity index (χ0) is 21.4. The van der Waals surface area contributed by atoms with E-state index >= 15 is 0 Å². The predicted octanol–water partition coefficient (Wildman–Crippen LogP) is 6.50. The zero-order valence-electron chi connectivity index (χ0n) is 18.8. The molecule has 1 aromatic carbocycles. The molecular weight excluding hydrogens is 402 g/mol. The number of ketones is 1. The summed E-state index contributed by atoms with van der Waals surface area (Å²) in [4.78, 5) is 18.4. The van der Waals surface area contributed by atoms with E-state index < -0.39 is 5.60 Å². The first kappa shape index (κ1) is 20.4. The van der Waals surface area contributed by atoms with Gasteiger partial charge in [-0.2, -0.15) is 0 Å². The van der Waals surface area contributed by atoms with E-state index in [0.29, 0.717) is 11.7 Å². The molecule has 1 heterocycles. The van der Waals surface area contributed by atoms with Gasteiger partial charge in [-0.1, -0.05) is 19.1 Å². The van der Waals surface area contributed by atoms with E-state index in [4.69, 9.17) is 4.98 Å². The summed E-state index contributed by atoms with van der Waals surface area (Å²) in [5.41, 5.74) is 0.661. The number of hydrogen-bond acceptors (Lipinski definition) is 4. The Morgan fingerprint density at radius 2 is 1.81 bits per heavy atom. The average molecular weight is 438 g/mol. The molecule has 0 radical (unpaired) electrons. The molecule has 1 aromatic heterocycles. The lowest BCUT2D eigenvalue weighted by Gasteiger charge is -2.56. The Bertz CT molecular complexity index is 979. The second-order valence-electron chi connectivity index (χ2n) is 11.7. The molecule has 8 atom stereocenters. The van der Waals surface area contributed by atoms with Gasteiger partial charge >= 0.3 is 0 Å². The molecule has 0 saturated heterocycles. The van der Waals surface area contributed by atoms with Crippen LogP contribution in [0.2, 0.25) is 0 Å². The van der Waals surface area contributed by atoms with Crippen LogP contribution in [0.3, 0.4) is 0 Å². The van der Waals surface area contributed by atoms with Gasteiger partial charge in [0.05, 0.1) is 15.8 Å². The van der Waals surface area contributed by atoms with Gasteiger partial charge in [-0.05, 0) is 112 Å². The van der Waals surface area contributed by atoms with Crippen LogP contribution in [-0.4, -0.2) is 21.5 Å². The Labute approximate surface area is 189 Å². The fourth-order valence-electron chi connectivity index (χ4n) is 8.64. The Morgan fingerprint density at radius 3 is 2.65 bits per heavy atom. The van der Waals surface area contributed by atoms with Crippen molar-refractivity contribution in [3.05, 3.63) is 29.3 Å². The van der Waals surface area contributed by atoms with Crippen LogP contribution >= 0.6 is 11.3 Å². The third-order valence-electron chi connectivity index (χ3n) is 10.1. The van der Waals surface area contributed by atoms with Crippen LogP contribution in [0.5, 0.6) is 0 Å². The van der Waals surface area contributed by atoms with Crippen molar-refractivity contribution in [2.24, 2.45) is 40.9 Å². The second-order valence-corrected chi connectivity index (χ2v) is 12.7. The number of carbonyl (C=O) groups excluding carboxylic acids is 1. The van der Waals surface area contributed by atoms with Gasteiger partial charge in [0.1, 0.15) is 0 Å². The SMILES string of the molecule is C[C@@]1(O)CCC2[C@H](CC[C@@H]3[C@@H]2CC[C@]2(C)[C@@H](C(=O)c4nc5ccccc5s4)CC[C@@H]32)C1. The van der Waals surface area contributed by atoms with Crippen molar-refractivity contribution in [3.8, 4) is 0 Å². The Kier molecular flexibility index (Phi) is 4.67. The molecule has 3 nitrogen and oxygen atoms in total. The van der Waals surface area contributed by atoms with E-state index in [2.05, 4.69) is 13.0 Å².